The molecular formula is C19H30N2O2. The average molecular weight is 318 g/mol. The van der Waals surface area contributed by atoms with Gasteiger partial charge in [-0.05, 0) is 51.0 Å². The Labute approximate surface area is 140 Å². The lowest BCUT2D eigenvalue weighted by Gasteiger charge is -2.27. The third kappa shape index (κ3) is 5.87. The Morgan fingerprint density at radius 2 is 1.91 bits per heavy atom. The molecule has 2 rings (SSSR count). The average Bonchev–Trinajstić information content (AvgIpc) is 2.46. The lowest BCUT2D eigenvalue weighted by molar-refractivity contribution is -0.119. The van der Waals surface area contributed by atoms with Gasteiger partial charge in [-0.15, -0.1) is 0 Å². The Bertz CT molecular complexity index is 532. The van der Waals surface area contributed by atoms with E-state index in [9.17, 15) is 9.59 Å². The number of carbonyl (C=O) groups is 2. The number of nitrogens with zero attached hydrogens (tertiary/aromatic N) is 2. The molecule has 2 heterocycles. The summed E-state index contributed by atoms with van der Waals surface area (Å²) in [6.07, 6.45) is 2.68. The van der Waals surface area contributed by atoms with Crippen molar-refractivity contribution < 1.29 is 9.59 Å². The Hall–Kier alpha value is -1.55. The maximum atomic E-state index is 12.6. The number of carbonyl (C=O) groups excluding carboxylic acids is 2. The molecule has 0 unspecified atom stereocenters. The number of ketones is 2. The van der Waals surface area contributed by atoms with Crippen molar-refractivity contribution in [2.45, 2.75) is 47.0 Å². The predicted octanol–water partition coefficient (Wildman–Crippen LogP) is 3.40. The largest absolute Gasteiger partial charge is 0.306 e. The van der Waals surface area contributed by atoms with Gasteiger partial charge in [0.05, 0.1) is 0 Å². The third-order valence-electron chi connectivity index (χ3n) is 4.16. The van der Waals surface area contributed by atoms with E-state index in [2.05, 4.69) is 16.9 Å². The van der Waals surface area contributed by atoms with Crippen LogP contribution in [0.5, 0.6) is 0 Å². The van der Waals surface area contributed by atoms with Gasteiger partial charge in [0, 0.05) is 24.5 Å². The van der Waals surface area contributed by atoms with Crippen LogP contribution in [0.4, 0.5) is 0 Å². The van der Waals surface area contributed by atoms with E-state index in [1.807, 2.05) is 26.0 Å². The van der Waals surface area contributed by atoms with Gasteiger partial charge in [-0.25, -0.2) is 4.98 Å². The molecule has 4 nitrogen and oxygen atoms in total. The van der Waals surface area contributed by atoms with Crippen molar-refractivity contribution in [2.75, 3.05) is 20.1 Å². The lowest BCUT2D eigenvalue weighted by Crippen LogP contribution is -2.33. The van der Waals surface area contributed by atoms with E-state index in [1.165, 1.54) is 0 Å². The molecule has 0 saturated carbocycles. The highest BCUT2D eigenvalue weighted by atomic mass is 16.1. The molecule has 0 N–H and O–H groups in total. The van der Waals surface area contributed by atoms with E-state index in [4.69, 9.17) is 0 Å². The van der Waals surface area contributed by atoms with Crippen molar-refractivity contribution >= 4 is 11.6 Å². The summed E-state index contributed by atoms with van der Waals surface area (Å²) < 4.78 is 0. The minimum Gasteiger partial charge on any atom is -0.306 e. The zero-order valence-electron chi connectivity index (χ0n) is 13.8. The first kappa shape index (κ1) is 19.5. The molecule has 4 heteroatoms. The van der Waals surface area contributed by atoms with Crippen molar-refractivity contribution in [3.8, 4) is 0 Å². The molecule has 0 radical (unpaired) electrons. The second kappa shape index (κ2) is 8.92. The second-order valence-electron chi connectivity index (χ2n) is 6.77. The van der Waals surface area contributed by atoms with Crippen LogP contribution in [0.2, 0.25) is 0 Å². The summed E-state index contributed by atoms with van der Waals surface area (Å²) in [6, 6.07) is 5.45. The van der Waals surface area contributed by atoms with Crippen molar-refractivity contribution in [1.82, 2.24) is 9.88 Å². The predicted molar refractivity (Wildman–Crippen MR) is 93.7 cm³/mol. The molecule has 128 valence electrons. The van der Waals surface area contributed by atoms with Crippen LogP contribution in [-0.2, 0) is 11.2 Å². The summed E-state index contributed by atoms with van der Waals surface area (Å²) in [6.45, 7) is 5.99. The van der Waals surface area contributed by atoms with E-state index >= 15 is 0 Å². The fourth-order valence-electron chi connectivity index (χ4n) is 2.92. The van der Waals surface area contributed by atoms with Gasteiger partial charge in [0.2, 0.25) is 0 Å². The van der Waals surface area contributed by atoms with Crippen molar-refractivity contribution in [1.29, 1.82) is 0 Å². The summed E-state index contributed by atoms with van der Waals surface area (Å²) in [7, 11) is 2.08. The molecule has 0 amide bonds. The molecule has 1 fully saturated rings. The normalized spacial score (nSPS) is 16.2. The first-order chi connectivity index (χ1) is 10.5. The summed E-state index contributed by atoms with van der Waals surface area (Å²) in [5, 5.41) is 0. The summed E-state index contributed by atoms with van der Waals surface area (Å²) >= 11 is 0. The Kier molecular flexibility index (Phi) is 7.56. The van der Waals surface area contributed by atoms with Crippen molar-refractivity contribution in [3.63, 3.8) is 0 Å². The van der Waals surface area contributed by atoms with Crippen LogP contribution >= 0.6 is 0 Å². The number of rotatable bonds is 6. The zero-order chi connectivity index (χ0) is 16.1. The number of piperidine rings is 1. The summed E-state index contributed by atoms with van der Waals surface area (Å²) in [5.74, 6) is 0.750. The van der Waals surface area contributed by atoms with Gasteiger partial charge in [-0.1, -0.05) is 27.3 Å². The first-order valence-corrected chi connectivity index (χ1v) is 8.16. The molecule has 1 saturated heterocycles. The molecule has 0 bridgehead atoms. The maximum Gasteiger partial charge on any atom is 0.184 e. The van der Waals surface area contributed by atoms with Gasteiger partial charge < -0.3 is 4.90 Å². The van der Waals surface area contributed by atoms with Gasteiger partial charge in [0.25, 0.3) is 0 Å². The number of aromatic nitrogens is 1. The molecule has 23 heavy (non-hydrogen) atoms. The molecule has 1 aliphatic rings. The van der Waals surface area contributed by atoms with Crippen LogP contribution in [0.15, 0.2) is 18.2 Å². The van der Waals surface area contributed by atoms with E-state index < -0.39 is 0 Å². The SMILES string of the molecule is C.CC(C)CC(=O)Cc1cccc(C(=O)C2CCN(C)CC2)n1. The highest BCUT2D eigenvalue weighted by Gasteiger charge is 2.25. The van der Waals surface area contributed by atoms with Crippen molar-refractivity contribution in [3.05, 3.63) is 29.6 Å². The second-order valence-corrected chi connectivity index (χ2v) is 6.77. The first-order valence-electron chi connectivity index (χ1n) is 8.16. The van der Waals surface area contributed by atoms with Gasteiger partial charge >= 0.3 is 0 Å². The zero-order valence-corrected chi connectivity index (χ0v) is 13.8. The molecule has 0 spiro atoms. The summed E-state index contributed by atoms with van der Waals surface area (Å²) in [4.78, 5) is 31.1. The standard InChI is InChI=1S/C18H26N2O2.CH4/c1-13(2)11-16(21)12-15-5-4-6-17(19-15)18(22)14-7-9-20(3)10-8-14;/h4-6,13-14H,7-12H2,1-3H3;1H4. The minimum absolute atomic E-state index is 0. The van der Waals surface area contributed by atoms with Gasteiger partial charge in [-0.3, -0.25) is 9.59 Å². The summed E-state index contributed by atoms with van der Waals surface area (Å²) in [5.41, 5.74) is 1.23. The minimum atomic E-state index is 0. The topological polar surface area (TPSA) is 50.3 Å². The fourth-order valence-corrected chi connectivity index (χ4v) is 2.92. The van der Waals surface area contributed by atoms with Crippen LogP contribution < -0.4 is 0 Å². The lowest BCUT2D eigenvalue weighted by atomic mass is 9.91. The highest BCUT2D eigenvalue weighted by molar-refractivity contribution is 5.96. The number of hydrogen-bond acceptors (Lipinski definition) is 4. The molecular weight excluding hydrogens is 288 g/mol. The maximum absolute atomic E-state index is 12.6. The monoisotopic (exact) mass is 318 g/mol. The van der Waals surface area contributed by atoms with E-state index in [0.29, 0.717) is 30.1 Å². The molecule has 1 aromatic rings. The van der Waals surface area contributed by atoms with Crippen LogP contribution in [0, 0.1) is 11.8 Å². The smallest absolute Gasteiger partial charge is 0.184 e. The van der Waals surface area contributed by atoms with Gasteiger partial charge in [0.1, 0.15) is 11.5 Å². The molecule has 0 aromatic carbocycles. The molecule has 1 aromatic heterocycles. The number of likely N-dealkylation sites (tertiary alicyclic amines) is 1. The molecule has 0 atom stereocenters. The van der Waals surface area contributed by atoms with Gasteiger partial charge in [0.15, 0.2) is 5.78 Å². The van der Waals surface area contributed by atoms with Gasteiger partial charge in [-0.2, -0.15) is 0 Å². The van der Waals surface area contributed by atoms with E-state index in [0.717, 1.165) is 25.9 Å². The quantitative estimate of drug-likeness (QED) is 0.754. The van der Waals surface area contributed by atoms with Crippen LogP contribution in [-0.4, -0.2) is 41.6 Å². The van der Waals surface area contributed by atoms with Crippen LogP contribution in [0.3, 0.4) is 0 Å². The van der Waals surface area contributed by atoms with Crippen LogP contribution in [0.25, 0.3) is 0 Å². The Morgan fingerprint density at radius 1 is 1.26 bits per heavy atom. The Morgan fingerprint density at radius 3 is 2.52 bits per heavy atom. The van der Waals surface area contributed by atoms with Crippen LogP contribution in [0.1, 0.15) is 56.7 Å². The number of pyridine rings is 1. The van der Waals surface area contributed by atoms with Crippen molar-refractivity contribution in [2.24, 2.45) is 11.8 Å². The number of Topliss-reactive ketones (excluding diaryl/α,β-unsaturated/α-hetero) is 2. The number of hydrogen-bond donors (Lipinski definition) is 0. The Balaban J connectivity index is 0.00000264. The fraction of sp³-hybridized carbons (Fsp3) is 0.632. The third-order valence-corrected chi connectivity index (χ3v) is 4.16. The van der Waals surface area contributed by atoms with E-state index in [1.54, 1.807) is 6.07 Å². The molecule has 1 aliphatic heterocycles. The molecule has 0 aliphatic carbocycles. The highest BCUT2D eigenvalue weighted by Crippen LogP contribution is 2.20. The van der Waals surface area contributed by atoms with E-state index in [-0.39, 0.29) is 24.9 Å².